The highest BCUT2D eigenvalue weighted by Crippen LogP contribution is 2.31. The number of nitrogens with one attached hydrogen (secondary N) is 1. The molecule has 0 amide bonds. The third-order valence-corrected chi connectivity index (χ3v) is 4.19. The second-order valence-electron chi connectivity index (χ2n) is 4.34. The molecule has 0 radical (unpaired) electrons. The monoisotopic (exact) mass is 222 g/mol. The molecular weight excluding hydrogens is 206 g/mol. The van der Waals surface area contributed by atoms with E-state index in [1.165, 1.54) is 10.4 Å². The predicted molar refractivity (Wildman–Crippen MR) is 61.8 cm³/mol. The Morgan fingerprint density at radius 3 is 2.87 bits per heavy atom. The van der Waals surface area contributed by atoms with Gasteiger partial charge in [0.15, 0.2) is 0 Å². The molecule has 0 bridgehead atoms. The van der Waals surface area contributed by atoms with Crippen molar-refractivity contribution in [1.29, 1.82) is 5.26 Å². The maximum atomic E-state index is 9.01. The number of fused-ring (bicyclic) bond motifs is 1. The number of thiophene rings is 1. The smallest absolute Gasteiger partial charge is 0.113 e. The molecule has 80 valence electrons. The van der Waals surface area contributed by atoms with Crippen LogP contribution in [0.4, 0.5) is 5.00 Å². The first kappa shape index (κ1) is 10.5. The van der Waals surface area contributed by atoms with Gasteiger partial charge in [-0.2, -0.15) is 5.26 Å². The van der Waals surface area contributed by atoms with Crippen LogP contribution < -0.4 is 10.6 Å². The maximum Gasteiger partial charge on any atom is 0.113 e. The normalized spacial score (nSPS) is 20.0. The van der Waals surface area contributed by atoms with Crippen LogP contribution in [0.15, 0.2) is 0 Å². The molecule has 2 rings (SSSR count). The molecule has 0 saturated heterocycles. The van der Waals surface area contributed by atoms with E-state index in [4.69, 9.17) is 11.0 Å². The summed E-state index contributed by atoms with van der Waals surface area (Å²) in [5.74, 6) is 0. The highest BCUT2D eigenvalue weighted by atomic mass is 32.1. The lowest BCUT2D eigenvalue weighted by atomic mass is 10.0. The quantitative estimate of drug-likeness (QED) is 0.729. The van der Waals surface area contributed by atoms with Crippen molar-refractivity contribution in [2.24, 2.45) is 0 Å². The van der Waals surface area contributed by atoms with Gasteiger partial charge in [-0.15, -0.1) is 11.3 Å². The fourth-order valence-corrected chi connectivity index (χ4v) is 3.26. The summed E-state index contributed by atoms with van der Waals surface area (Å²) in [4.78, 5) is 2.91. The van der Waals surface area contributed by atoms with Crippen LogP contribution in [0.1, 0.15) is 29.9 Å². The van der Waals surface area contributed by atoms with Crippen molar-refractivity contribution < 1.29 is 4.90 Å². The zero-order valence-electron chi connectivity index (χ0n) is 9.13. The van der Waals surface area contributed by atoms with Gasteiger partial charge in [0, 0.05) is 6.42 Å². The second kappa shape index (κ2) is 3.84. The molecule has 15 heavy (non-hydrogen) atoms. The average molecular weight is 222 g/mol. The minimum absolute atomic E-state index is 0.645. The van der Waals surface area contributed by atoms with Gasteiger partial charge in [-0.3, -0.25) is 0 Å². The summed E-state index contributed by atoms with van der Waals surface area (Å²) >= 11 is 1.60. The molecule has 0 spiro atoms. The first-order chi connectivity index (χ1) is 7.13. The molecule has 0 aliphatic carbocycles. The predicted octanol–water partition coefficient (Wildman–Crippen LogP) is 0.551. The fraction of sp³-hybridized carbons (Fsp3) is 0.545. The lowest BCUT2D eigenvalue weighted by Crippen LogP contribution is -3.14. The molecule has 1 aliphatic rings. The van der Waals surface area contributed by atoms with Crippen LogP contribution in [0, 0.1) is 11.3 Å². The number of rotatable bonds is 1. The summed E-state index contributed by atoms with van der Waals surface area (Å²) in [6.45, 7) is 6.63. The molecule has 3 N–H and O–H groups in total. The van der Waals surface area contributed by atoms with Crippen molar-refractivity contribution in [2.75, 3.05) is 12.3 Å². The molecule has 0 fully saturated rings. The van der Waals surface area contributed by atoms with Gasteiger partial charge in [-0.1, -0.05) is 0 Å². The van der Waals surface area contributed by atoms with Gasteiger partial charge < -0.3 is 10.6 Å². The van der Waals surface area contributed by atoms with Crippen molar-refractivity contribution in [3.63, 3.8) is 0 Å². The molecule has 1 aliphatic heterocycles. The van der Waals surface area contributed by atoms with E-state index in [2.05, 4.69) is 19.9 Å². The van der Waals surface area contributed by atoms with Crippen LogP contribution >= 0.6 is 11.3 Å². The first-order valence-electron chi connectivity index (χ1n) is 5.28. The van der Waals surface area contributed by atoms with Crippen molar-refractivity contribution in [3.05, 3.63) is 16.0 Å². The molecule has 1 atom stereocenters. The van der Waals surface area contributed by atoms with Gasteiger partial charge in [-0.25, -0.2) is 0 Å². The lowest BCUT2D eigenvalue weighted by Gasteiger charge is -2.27. The molecule has 3 nitrogen and oxygen atoms in total. The largest absolute Gasteiger partial charge is 0.389 e. The number of hydrogen-bond acceptors (Lipinski definition) is 3. The second-order valence-corrected chi connectivity index (χ2v) is 5.48. The number of hydrogen-bond donors (Lipinski definition) is 2. The summed E-state index contributed by atoms with van der Waals surface area (Å²) in [5, 5.41) is 9.71. The van der Waals surface area contributed by atoms with E-state index in [9.17, 15) is 0 Å². The van der Waals surface area contributed by atoms with Crippen LogP contribution in [0.5, 0.6) is 0 Å². The standard InChI is InChI=1S/C11H15N3S/c1-7(2)14-4-3-8-9(5-12)11(13)15-10(8)6-14/h7H,3-4,6,13H2,1-2H3/p+1. The van der Waals surface area contributed by atoms with Gasteiger partial charge in [-0.05, 0) is 19.4 Å². The highest BCUT2D eigenvalue weighted by Gasteiger charge is 2.27. The maximum absolute atomic E-state index is 9.01. The van der Waals surface area contributed by atoms with E-state index in [-0.39, 0.29) is 0 Å². The van der Waals surface area contributed by atoms with Crippen molar-refractivity contribution in [3.8, 4) is 6.07 Å². The Morgan fingerprint density at radius 2 is 2.27 bits per heavy atom. The first-order valence-corrected chi connectivity index (χ1v) is 6.09. The number of nitrogens with zero attached hydrogens (tertiary/aromatic N) is 1. The Labute approximate surface area is 94.1 Å². The number of anilines is 1. The molecule has 1 unspecified atom stereocenters. The Kier molecular flexibility index (Phi) is 2.68. The Morgan fingerprint density at radius 1 is 1.53 bits per heavy atom. The van der Waals surface area contributed by atoms with Gasteiger partial charge in [0.2, 0.25) is 0 Å². The highest BCUT2D eigenvalue weighted by molar-refractivity contribution is 7.16. The van der Waals surface area contributed by atoms with Crippen LogP contribution in [0.2, 0.25) is 0 Å². The SMILES string of the molecule is CC(C)[NH+]1CCc2c(sc(N)c2C#N)C1. The van der Waals surface area contributed by atoms with Crippen LogP contribution in [-0.2, 0) is 13.0 Å². The van der Waals surface area contributed by atoms with Gasteiger partial charge >= 0.3 is 0 Å². The average Bonchev–Trinajstić information content (AvgIpc) is 2.51. The number of nitrogens with two attached hydrogens (primary N) is 1. The third-order valence-electron chi connectivity index (χ3n) is 3.13. The third kappa shape index (κ3) is 1.73. The van der Waals surface area contributed by atoms with E-state index >= 15 is 0 Å². The van der Waals surface area contributed by atoms with E-state index in [0.29, 0.717) is 11.0 Å². The van der Waals surface area contributed by atoms with Crippen LogP contribution in [-0.4, -0.2) is 12.6 Å². The lowest BCUT2D eigenvalue weighted by molar-refractivity contribution is -0.936. The Balaban J connectivity index is 2.33. The summed E-state index contributed by atoms with van der Waals surface area (Å²) in [6, 6.07) is 2.87. The van der Waals surface area contributed by atoms with E-state index in [1.54, 1.807) is 16.2 Å². The molecular formula is C11H16N3S+. The minimum atomic E-state index is 0.645. The Bertz CT molecular complexity index is 414. The number of nitriles is 1. The van der Waals surface area contributed by atoms with Gasteiger partial charge in [0.05, 0.1) is 23.0 Å². The molecule has 4 heteroatoms. The summed E-state index contributed by atoms with van der Waals surface area (Å²) < 4.78 is 0. The van der Waals surface area contributed by atoms with Crippen LogP contribution in [0.3, 0.4) is 0 Å². The number of quaternary nitrogens is 1. The number of nitrogen functional groups attached to an aromatic ring is 1. The van der Waals surface area contributed by atoms with E-state index < -0.39 is 0 Å². The minimum Gasteiger partial charge on any atom is -0.389 e. The zero-order valence-corrected chi connectivity index (χ0v) is 9.95. The fourth-order valence-electron chi connectivity index (χ4n) is 2.14. The van der Waals surface area contributed by atoms with Gasteiger partial charge in [0.25, 0.3) is 0 Å². The summed E-state index contributed by atoms with van der Waals surface area (Å²) in [7, 11) is 0. The van der Waals surface area contributed by atoms with E-state index in [1.807, 2.05) is 0 Å². The Hall–Kier alpha value is -1.05. The zero-order chi connectivity index (χ0) is 11.0. The molecule has 2 heterocycles. The van der Waals surface area contributed by atoms with Crippen molar-refractivity contribution >= 4 is 16.3 Å². The van der Waals surface area contributed by atoms with Crippen molar-refractivity contribution in [1.82, 2.24) is 0 Å². The molecule has 0 saturated carbocycles. The summed E-state index contributed by atoms with van der Waals surface area (Å²) in [6.07, 6.45) is 0.999. The summed E-state index contributed by atoms with van der Waals surface area (Å²) in [5.41, 5.74) is 7.79. The van der Waals surface area contributed by atoms with Crippen molar-refractivity contribution in [2.45, 2.75) is 32.9 Å². The molecule has 1 aromatic heterocycles. The van der Waals surface area contributed by atoms with Gasteiger partial charge in [0.1, 0.15) is 17.6 Å². The molecule has 0 aromatic carbocycles. The molecule has 1 aromatic rings. The van der Waals surface area contributed by atoms with Crippen LogP contribution in [0.25, 0.3) is 0 Å². The van der Waals surface area contributed by atoms with E-state index in [0.717, 1.165) is 25.1 Å². The topological polar surface area (TPSA) is 54.2 Å².